The van der Waals surface area contributed by atoms with Crippen molar-refractivity contribution >= 4 is 0 Å². The molecule has 1 atom stereocenters. The molecular formula is C11H16NO3+. The predicted molar refractivity (Wildman–Crippen MR) is 54.7 cm³/mol. The van der Waals surface area contributed by atoms with Gasteiger partial charge in [-0.3, -0.25) is 0 Å². The molecule has 1 aliphatic heterocycles. The van der Waals surface area contributed by atoms with Gasteiger partial charge in [-0.15, -0.1) is 0 Å². The zero-order valence-corrected chi connectivity index (χ0v) is 8.77. The lowest BCUT2D eigenvalue weighted by Crippen LogP contribution is -2.84. The molecule has 82 valence electrons. The monoisotopic (exact) mass is 210 g/mol. The number of aliphatic hydroxyl groups is 1. The number of fused-ring (bicyclic) bond motifs is 1. The zero-order valence-electron chi connectivity index (χ0n) is 8.77. The lowest BCUT2D eigenvalue weighted by molar-refractivity contribution is -0.676. The molecule has 0 spiro atoms. The van der Waals surface area contributed by atoms with E-state index in [0.29, 0.717) is 13.3 Å². The van der Waals surface area contributed by atoms with Crippen LogP contribution in [-0.4, -0.2) is 24.5 Å². The molecule has 0 saturated carbocycles. The van der Waals surface area contributed by atoms with Crippen LogP contribution < -0.4 is 14.8 Å². The van der Waals surface area contributed by atoms with E-state index in [4.69, 9.17) is 14.6 Å². The van der Waals surface area contributed by atoms with Crippen LogP contribution in [0.15, 0.2) is 18.2 Å². The van der Waals surface area contributed by atoms with Crippen LogP contribution in [0.2, 0.25) is 0 Å². The van der Waals surface area contributed by atoms with Crippen molar-refractivity contribution in [3.05, 3.63) is 23.8 Å². The molecule has 4 nitrogen and oxygen atoms in total. The highest BCUT2D eigenvalue weighted by Crippen LogP contribution is 2.32. The summed E-state index contributed by atoms with van der Waals surface area (Å²) >= 11 is 0. The minimum absolute atomic E-state index is 0.265. The Kier molecular flexibility index (Phi) is 3.08. The number of hydrogen-bond donors (Lipinski definition) is 2. The Labute approximate surface area is 88.8 Å². The van der Waals surface area contributed by atoms with Crippen LogP contribution in [0.25, 0.3) is 0 Å². The van der Waals surface area contributed by atoms with Crippen molar-refractivity contribution in [2.75, 3.05) is 13.3 Å². The summed E-state index contributed by atoms with van der Waals surface area (Å²) in [5.41, 5.74) is 1.18. The molecule has 0 aromatic heterocycles. The molecule has 1 aromatic rings. The van der Waals surface area contributed by atoms with E-state index in [0.717, 1.165) is 18.0 Å². The number of quaternary nitrogens is 1. The summed E-state index contributed by atoms with van der Waals surface area (Å²) in [6, 6.07) is 5.93. The quantitative estimate of drug-likeness (QED) is 0.727. The largest absolute Gasteiger partial charge is 0.454 e. The van der Waals surface area contributed by atoms with E-state index < -0.39 is 0 Å². The van der Waals surface area contributed by atoms with Gasteiger partial charge in [0, 0.05) is 5.56 Å². The fraction of sp³-hybridized carbons (Fsp3) is 0.455. The van der Waals surface area contributed by atoms with Crippen molar-refractivity contribution in [3.8, 4) is 11.5 Å². The molecule has 15 heavy (non-hydrogen) atoms. The Morgan fingerprint density at radius 1 is 1.40 bits per heavy atom. The summed E-state index contributed by atoms with van der Waals surface area (Å²) in [7, 11) is 0. The standard InChI is InChI=1S/C11H15NO3/c1-8(13)5-12-6-9-2-3-10-11(4-9)15-7-14-10/h2-4,8,12-13H,5-7H2,1H3/p+1/t8-/m1/s1. The molecule has 1 aromatic carbocycles. The minimum atomic E-state index is -0.265. The highest BCUT2D eigenvalue weighted by Gasteiger charge is 2.13. The molecule has 0 fully saturated rings. The van der Waals surface area contributed by atoms with Crippen LogP contribution >= 0.6 is 0 Å². The third kappa shape index (κ3) is 2.61. The summed E-state index contributed by atoms with van der Waals surface area (Å²) in [6.45, 7) is 3.67. The van der Waals surface area contributed by atoms with Crippen molar-refractivity contribution in [2.24, 2.45) is 0 Å². The maximum absolute atomic E-state index is 9.11. The molecule has 2 rings (SSSR count). The SMILES string of the molecule is C[C@@H](O)C[NH2+]Cc1ccc2c(c1)OCO2. The first kappa shape index (κ1) is 10.3. The lowest BCUT2D eigenvalue weighted by atomic mass is 10.2. The lowest BCUT2D eigenvalue weighted by Gasteiger charge is -2.04. The van der Waals surface area contributed by atoms with E-state index in [9.17, 15) is 0 Å². The molecular weight excluding hydrogens is 194 g/mol. The number of aliphatic hydroxyl groups excluding tert-OH is 1. The normalized spacial score (nSPS) is 15.3. The van der Waals surface area contributed by atoms with Gasteiger partial charge in [0.25, 0.3) is 0 Å². The number of hydrogen-bond acceptors (Lipinski definition) is 3. The molecule has 0 unspecified atom stereocenters. The van der Waals surface area contributed by atoms with Crippen molar-refractivity contribution in [1.29, 1.82) is 0 Å². The van der Waals surface area contributed by atoms with Crippen LogP contribution in [0, 0.1) is 0 Å². The summed E-state index contributed by atoms with van der Waals surface area (Å²) < 4.78 is 10.5. The minimum Gasteiger partial charge on any atom is -0.454 e. The van der Waals surface area contributed by atoms with Crippen molar-refractivity contribution in [2.45, 2.75) is 19.6 Å². The van der Waals surface area contributed by atoms with E-state index in [-0.39, 0.29) is 6.10 Å². The second kappa shape index (κ2) is 4.51. The number of benzene rings is 1. The van der Waals surface area contributed by atoms with Gasteiger partial charge in [0.05, 0.1) is 6.10 Å². The van der Waals surface area contributed by atoms with Gasteiger partial charge in [-0.2, -0.15) is 0 Å². The van der Waals surface area contributed by atoms with Gasteiger partial charge in [-0.25, -0.2) is 0 Å². The van der Waals surface area contributed by atoms with E-state index in [1.54, 1.807) is 6.92 Å². The van der Waals surface area contributed by atoms with Gasteiger partial charge in [0.15, 0.2) is 11.5 Å². The van der Waals surface area contributed by atoms with Crippen LogP contribution in [-0.2, 0) is 6.54 Å². The first-order chi connectivity index (χ1) is 7.25. The van der Waals surface area contributed by atoms with E-state index >= 15 is 0 Å². The van der Waals surface area contributed by atoms with Gasteiger partial charge in [-0.1, -0.05) is 0 Å². The van der Waals surface area contributed by atoms with Crippen LogP contribution in [0.4, 0.5) is 0 Å². The summed E-state index contributed by atoms with van der Waals surface area (Å²) in [6.07, 6.45) is -0.265. The molecule has 3 N–H and O–H groups in total. The summed E-state index contributed by atoms with van der Waals surface area (Å²) in [4.78, 5) is 0. The van der Waals surface area contributed by atoms with Gasteiger partial charge in [0.1, 0.15) is 13.1 Å². The Morgan fingerprint density at radius 2 is 2.20 bits per heavy atom. The predicted octanol–water partition coefficient (Wildman–Crippen LogP) is -0.141. The van der Waals surface area contributed by atoms with Crippen molar-refractivity contribution in [1.82, 2.24) is 0 Å². The molecule has 1 heterocycles. The van der Waals surface area contributed by atoms with Crippen LogP contribution in [0.5, 0.6) is 11.5 Å². The van der Waals surface area contributed by atoms with Gasteiger partial charge in [-0.05, 0) is 25.1 Å². The fourth-order valence-electron chi connectivity index (χ4n) is 1.56. The molecule has 0 radical (unpaired) electrons. The average Bonchev–Trinajstić information content (AvgIpc) is 2.64. The first-order valence-corrected chi connectivity index (χ1v) is 5.14. The highest BCUT2D eigenvalue weighted by atomic mass is 16.7. The summed E-state index contributed by atoms with van der Waals surface area (Å²) in [5, 5.41) is 11.2. The van der Waals surface area contributed by atoms with Crippen LogP contribution in [0.3, 0.4) is 0 Å². The average molecular weight is 210 g/mol. The fourth-order valence-corrected chi connectivity index (χ4v) is 1.56. The topological polar surface area (TPSA) is 55.3 Å². The van der Waals surface area contributed by atoms with Gasteiger partial charge >= 0.3 is 0 Å². The highest BCUT2D eigenvalue weighted by molar-refractivity contribution is 5.44. The molecule has 0 aliphatic carbocycles. The second-order valence-corrected chi connectivity index (χ2v) is 3.77. The van der Waals surface area contributed by atoms with Crippen molar-refractivity contribution < 1.29 is 19.9 Å². The third-order valence-corrected chi connectivity index (χ3v) is 2.32. The molecule has 4 heteroatoms. The maximum atomic E-state index is 9.11. The number of rotatable bonds is 4. The molecule has 0 saturated heterocycles. The molecule has 0 amide bonds. The third-order valence-electron chi connectivity index (χ3n) is 2.32. The number of nitrogens with two attached hydrogens (primary N) is 1. The zero-order chi connectivity index (χ0) is 10.7. The Morgan fingerprint density at radius 3 is 3.00 bits per heavy atom. The van der Waals surface area contributed by atoms with E-state index in [2.05, 4.69) is 5.32 Å². The second-order valence-electron chi connectivity index (χ2n) is 3.77. The van der Waals surface area contributed by atoms with Gasteiger partial charge in [0.2, 0.25) is 6.79 Å². The van der Waals surface area contributed by atoms with E-state index in [1.165, 1.54) is 5.56 Å². The number of ether oxygens (including phenoxy) is 2. The Hall–Kier alpha value is -1.26. The first-order valence-electron chi connectivity index (χ1n) is 5.14. The molecule has 0 bridgehead atoms. The maximum Gasteiger partial charge on any atom is 0.231 e. The summed E-state index contributed by atoms with van der Waals surface area (Å²) in [5.74, 6) is 1.63. The van der Waals surface area contributed by atoms with Crippen LogP contribution in [0.1, 0.15) is 12.5 Å². The van der Waals surface area contributed by atoms with Gasteiger partial charge < -0.3 is 19.9 Å². The van der Waals surface area contributed by atoms with Crippen molar-refractivity contribution in [3.63, 3.8) is 0 Å². The Bertz CT molecular complexity index is 339. The molecule has 1 aliphatic rings. The van der Waals surface area contributed by atoms with E-state index in [1.807, 2.05) is 18.2 Å². The smallest absolute Gasteiger partial charge is 0.231 e. The Balaban J connectivity index is 1.92.